The van der Waals surface area contributed by atoms with Crippen LogP contribution in [0, 0.1) is 0 Å². The maximum absolute atomic E-state index is 12.6. The van der Waals surface area contributed by atoms with E-state index in [1.165, 1.54) is 4.31 Å². The number of hydrogen-bond donors (Lipinski definition) is 1. The van der Waals surface area contributed by atoms with Crippen molar-refractivity contribution in [2.24, 2.45) is 0 Å². The van der Waals surface area contributed by atoms with Crippen molar-refractivity contribution in [1.29, 1.82) is 0 Å². The largest absolute Gasteiger partial charge is 0.273 e. The Bertz CT molecular complexity index is 1050. The summed E-state index contributed by atoms with van der Waals surface area (Å²) in [7, 11) is -3.43. The van der Waals surface area contributed by atoms with Gasteiger partial charge in [0.2, 0.25) is 5.91 Å². The van der Waals surface area contributed by atoms with Crippen LogP contribution in [0.25, 0.3) is 11.0 Å². The van der Waals surface area contributed by atoms with Gasteiger partial charge in [-0.15, -0.1) is 11.3 Å². The predicted octanol–water partition coefficient (Wildman–Crippen LogP) is 2.20. The monoisotopic (exact) mass is 390 g/mol. The van der Waals surface area contributed by atoms with E-state index in [-0.39, 0.29) is 12.3 Å². The summed E-state index contributed by atoms with van der Waals surface area (Å²) in [4.78, 5) is 17.3. The molecule has 1 amide bonds. The van der Waals surface area contributed by atoms with Crippen LogP contribution in [0.4, 0.5) is 0 Å². The number of imidazole rings is 1. The molecule has 1 fully saturated rings. The number of rotatable bonds is 5. The zero-order valence-corrected chi connectivity index (χ0v) is 15.6. The number of amides is 1. The smallest absolute Gasteiger partial charge is 0.252 e. The maximum atomic E-state index is 12.6. The molecule has 1 aliphatic heterocycles. The lowest BCUT2D eigenvalue weighted by molar-refractivity contribution is -0.116. The van der Waals surface area contributed by atoms with Crippen molar-refractivity contribution < 1.29 is 13.2 Å². The van der Waals surface area contributed by atoms with Crippen molar-refractivity contribution in [3.05, 3.63) is 47.6 Å². The normalized spacial score (nSPS) is 15.5. The number of nitrogens with one attached hydrogen (secondary N) is 1. The molecule has 1 aliphatic rings. The average molecular weight is 390 g/mol. The van der Waals surface area contributed by atoms with Gasteiger partial charge in [-0.25, -0.2) is 18.1 Å². The molecule has 2 aromatic heterocycles. The second-order valence-corrected chi connectivity index (χ2v) is 9.48. The molecule has 0 radical (unpaired) electrons. The summed E-state index contributed by atoms with van der Waals surface area (Å²) >= 11 is 1.16. The molecular weight excluding hydrogens is 372 g/mol. The summed E-state index contributed by atoms with van der Waals surface area (Å²) < 4.78 is 28.5. The first-order valence-electron chi connectivity index (χ1n) is 8.35. The molecular formula is C17H18N4O3S2. The predicted molar refractivity (Wildman–Crippen MR) is 100 cm³/mol. The molecule has 0 saturated carbocycles. The van der Waals surface area contributed by atoms with Gasteiger partial charge in [-0.05, 0) is 37.1 Å². The molecule has 136 valence electrons. The van der Waals surface area contributed by atoms with Crippen LogP contribution in [0.5, 0.6) is 0 Å². The number of carbonyl (C=O) groups excluding carboxylic acids is 1. The first-order chi connectivity index (χ1) is 12.5. The Labute approximate surface area is 155 Å². The number of nitrogens with zero attached hydrogens (tertiary/aromatic N) is 3. The van der Waals surface area contributed by atoms with Gasteiger partial charge in [0, 0.05) is 18.0 Å². The quantitative estimate of drug-likeness (QED) is 0.724. The number of fused-ring (bicyclic) bond motifs is 1. The zero-order valence-electron chi connectivity index (χ0n) is 14.0. The summed E-state index contributed by atoms with van der Waals surface area (Å²) in [6, 6.07) is 10.8. The molecule has 0 unspecified atom stereocenters. The Hall–Kier alpha value is -2.23. The van der Waals surface area contributed by atoms with E-state index < -0.39 is 10.0 Å². The zero-order chi connectivity index (χ0) is 18.1. The molecule has 9 heteroatoms. The van der Waals surface area contributed by atoms with E-state index in [1.807, 2.05) is 24.3 Å². The van der Waals surface area contributed by atoms with Gasteiger partial charge in [-0.2, -0.15) is 4.31 Å². The fourth-order valence-electron chi connectivity index (χ4n) is 3.03. The Kier molecular flexibility index (Phi) is 4.51. The van der Waals surface area contributed by atoms with E-state index in [0.29, 0.717) is 22.2 Å². The Morgan fingerprint density at radius 3 is 2.73 bits per heavy atom. The molecule has 1 N–H and O–H groups in total. The molecule has 7 nitrogen and oxygen atoms in total. The van der Waals surface area contributed by atoms with E-state index in [9.17, 15) is 13.2 Å². The third kappa shape index (κ3) is 3.25. The summed E-state index contributed by atoms with van der Waals surface area (Å²) in [5.74, 6) is -0.222. The Morgan fingerprint density at radius 1 is 1.15 bits per heavy atom. The minimum atomic E-state index is -3.43. The van der Waals surface area contributed by atoms with Gasteiger partial charge in [0.05, 0.1) is 17.5 Å². The van der Waals surface area contributed by atoms with Crippen LogP contribution in [0.1, 0.15) is 17.7 Å². The van der Waals surface area contributed by atoms with Gasteiger partial charge < -0.3 is 0 Å². The Morgan fingerprint density at radius 2 is 1.92 bits per heavy atom. The standard InChI is InChI=1S/C17H18N4O3S2/c22-16(19-21-12-18-14-5-1-2-6-15(14)21)11-13-7-8-17(25-13)26(23,24)20-9-3-4-10-20/h1-2,5-8,12H,3-4,9-11H2,(H,19,22). The van der Waals surface area contributed by atoms with Crippen LogP contribution < -0.4 is 5.43 Å². The first kappa shape index (κ1) is 17.2. The SMILES string of the molecule is O=C(Cc1ccc(S(=O)(=O)N2CCCC2)s1)Nn1cnc2ccccc21. The van der Waals surface area contributed by atoms with Gasteiger partial charge in [0.15, 0.2) is 0 Å². The third-order valence-corrected chi connectivity index (χ3v) is 7.78. The summed E-state index contributed by atoms with van der Waals surface area (Å²) in [6.07, 6.45) is 3.48. The molecule has 1 saturated heterocycles. The van der Waals surface area contributed by atoms with Crippen molar-refractivity contribution in [2.45, 2.75) is 23.5 Å². The lowest BCUT2D eigenvalue weighted by Crippen LogP contribution is -2.27. The number of thiophene rings is 1. The van der Waals surface area contributed by atoms with Gasteiger partial charge in [0.1, 0.15) is 10.5 Å². The van der Waals surface area contributed by atoms with Crippen molar-refractivity contribution in [2.75, 3.05) is 18.5 Å². The highest BCUT2D eigenvalue weighted by atomic mass is 32.2. The van der Waals surface area contributed by atoms with Crippen LogP contribution >= 0.6 is 11.3 Å². The van der Waals surface area contributed by atoms with Gasteiger partial charge in [0.25, 0.3) is 10.0 Å². The first-order valence-corrected chi connectivity index (χ1v) is 10.6. The van der Waals surface area contributed by atoms with E-state index in [1.54, 1.807) is 23.1 Å². The molecule has 0 bridgehead atoms. The van der Waals surface area contributed by atoms with Crippen LogP contribution in [0.2, 0.25) is 0 Å². The van der Waals surface area contributed by atoms with Gasteiger partial charge in [-0.3, -0.25) is 10.2 Å². The number of sulfonamides is 1. The summed E-state index contributed by atoms with van der Waals surface area (Å²) in [5.41, 5.74) is 4.38. The topological polar surface area (TPSA) is 84.3 Å². The fraction of sp³-hybridized carbons (Fsp3) is 0.294. The van der Waals surface area contributed by atoms with Crippen LogP contribution in [0.3, 0.4) is 0 Å². The summed E-state index contributed by atoms with van der Waals surface area (Å²) in [5, 5.41) is 0. The van der Waals surface area contributed by atoms with Gasteiger partial charge >= 0.3 is 0 Å². The third-order valence-electron chi connectivity index (χ3n) is 4.33. The number of benzene rings is 1. The van der Waals surface area contributed by atoms with E-state index in [0.717, 1.165) is 35.2 Å². The molecule has 26 heavy (non-hydrogen) atoms. The highest BCUT2D eigenvalue weighted by Crippen LogP contribution is 2.27. The fourth-order valence-corrected chi connectivity index (χ4v) is 6.05. The van der Waals surface area contributed by atoms with Crippen molar-refractivity contribution in [3.63, 3.8) is 0 Å². The highest BCUT2D eigenvalue weighted by Gasteiger charge is 2.28. The van der Waals surface area contributed by atoms with Crippen LogP contribution in [-0.4, -0.2) is 41.4 Å². The van der Waals surface area contributed by atoms with Gasteiger partial charge in [-0.1, -0.05) is 12.1 Å². The molecule has 0 spiro atoms. The number of aromatic nitrogens is 2. The minimum absolute atomic E-state index is 0.118. The van der Waals surface area contributed by atoms with Crippen LogP contribution in [0.15, 0.2) is 46.9 Å². The molecule has 1 aromatic carbocycles. The second kappa shape index (κ2) is 6.82. The highest BCUT2D eigenvalue weighted by molar-refractivity contribution is 7.91. The maximum Gasteiger partial charge on any atom is 0.252 e. The minimum Gasteiger partial charge on any atom is -0.273 e. The number of para-hydroxylation sites is 2. The van der Waals surface area contributed by atoms with Crippen molar-refractivity contribution in [1.82, 2.24) is 14.0 Å². The van der Waals surface area contributed by atoms with E-state index in [2.05, 4.69) is 10.4 Å². The van der Waals surface area contributed by atoms with E-state index in [4.69, 9.17) is 0 Å². The molecule has 0 atom stereocenters. The number of hydrogen-bond acceptors (Lipinski definition) is 5. The molecule has 3 aromatic rings. The lowest BCUT2D eigenvalue weighted by atomic mass is 10.3. The molecule has 3 heterocycles. The Balaban J connectivity index is 1.46. The van der Waals surface area contributed by atoms with E-state index >= 15 is 0 Å². The molecule has 4 rings (SSSR count). The van der Waals surface area contributed by atoms with Crippen molar-refractivity contribution in [3.8, 4) is 0 Å². The summed E-state index contributed by atoms with van der Waals surface area (Å²) in [6.45, 7) is 1.15. The molecule has 0 aliphatic carbocycles. The number of carbonyl (C=O) groups is 1. The average Bonchev–Trinajstić information content (AvgIpc) is 3.36. The van der Waals surface area contributed by atoms with Crippen molar-refractivity contribution >= 4 is 38.3 Å². The second-order valence-electron chi connectivity index (χ2n) is 6.15. The van der Waals surface area contributed by atoms with Crippen LogP contribution in [-0.2, 0) is 21.2 Å². The lowest BCUT2D eigenvalue weighted by Gasteiger charge is -2.13.